The minimum Gasteiger partial charge on any atom is -0.397 e. The van der Waals surface area contributed by atoms with Crippen molar-refractivity contribution in [3.8, 4) is 15.8 Å². The molecule has 0 aliphatic heterocycles. The highest BCUT2D eigenvalue weighted by Gasteiger charge is 2.17. The van der Waals surface area contributed by atoms with Crippen molar-refractivity contribution in [2.45, 2.75) is 20.3 Å². The van der Waals surface area contributed by atoms with Crippen molar-refractivity contribution in [2.75, 3.05) is 5.73 Å². The van der Waals surface area contributed by atoms with E-state index in [0.29, 0.717) is 10.6 Å². The first kappa shape index (κ1) is 11.2. The van der Waals surface area contributed by atoms with Crippen LogP contribution in [0.2, 0.25) is 0 Å². The van der Waals surface area contributed by atoms with E-state index in [1.807, 2.05) is 0 Å². The van der Waals surface area contributed by atoms with E-state index in [1.165, 1.54) is 26.7 Å². The van der Waals surface area contributed by atoms with Crippen molar-refractivity contribution < 1.29 is 0 Å². The Morgan fingerprint density at radius 1 is 1.44 bits per heavy atom. The van der Waals surface area contributed by atoms with Gasteiger partial charge in [-0.1, -0.05) is 6.92 Å². The Morgan fingerprint density at radius 3 is 2.69 bits per heavy atom. The molecule has 0 atom stereocenters. The number of rotatable bonds is 2. The van der Waals surface area contributed by atoms with E-state index in [9.17, 15) is 0 Å². The number of thiophene rings is 2. The lowest BCUT2D eigenvalue weighted by atomic mass is 10.1. The lowest BCUT2D eigenvalue weighted by Gasteiger charge is -2.00. The van der Waals surface area contributed by atoms with Gasteiger partial charge >= 0.3 is 0 Å². The maximum atomic E-state index is 9.00. The molecule has 2 rings (SSSR count). The highest BCUT2D eigenvalue weighted by molar-refractivity contribution is 7.22. The molecule has 0 unspecified atom stereocenters. The normalized spacial score (nSPS) is 10.3. The first-order valence-corrected chi connectivity index (χ1v) is 6.74. The predicted molar refractivity (Wildman–Crippen MR) is 70.9 cm³/mol. The molecule has 0 aliphatic rings. The molecule has 2 aromatic rings. The summed E-state index contributed by atoms with van der Waals surface area (Å²) in [7, 11) is 0. The van der Waals surface area contributed by atoms with Crippen LogP contribution in [0.15, 0.2) is 11.4 Å². The SMILES string of the molecule is CCc1c(-c2sccc2C)sc(C#N)c1N. The van der Waals surface area contributed by atoms with Crippen LogP contribution in [0.25, 0.3) is 9.75 Å². The maximum Gasteiger partial charge on any atom is 0.128 e. The molecule has 2 nitrogen and oxygen atoms in total. The third kappa shape index (κ3) is 1.62. The second-order valence-electron chi connectivity index (χ2n) is 3.55. The first-order chi connectivity index (χ1) is 7.69. The number of anilines is 1. The minimum absolute atomic E-state index is 0.639. The summed E-state index contributed by atoms with van der Waals surface area (Å²) in [4.78, 5) is 3.05. The van der Waals surface area contributed by atoms with Crippen LogP contribution >= 0.6 is 22.7 Å². The molecule has 82 valence electrons. The molecule has 16 heavy (non-hydrogen) atoms. The molecule has 0 saturated heterocycles. The van der Waals surface area contributed by atoms with E-state index >= 15 is 0 Å². The zero-order chi connectivity index (χ0) is 11.7. The van der Waals surface area contributed by atoms with Crippen LogP contribution in [0, 0.1) is 18.3 Å². The number of aryl methyl sites for hydroxylation is 1. The van der Waals surface area contributed by atoms with Gasteiger partial charge in [-0.25, -0.2) is 0 Å². The van der Waals surface area contributed by atoms with Crippen LogP contribution < -0.4 is 5.73 Å². The Bertz CT molecular complexity index is 558. The monoisotopic (exact) mass is 248 g/mol. The van der Waals surface area contributed by atoms with Gasteiger partial charge in [-0.05, 0) is 35.9 Å². The van der Waals surface area contributed by atoms with Gasteiger partial charge in [0, 0.05) is 4.88 Å². The molecule has 4 heteroatoms. The average Bonchev–Trinajstić information content (AvgIpc) is 2.82. The number of nitrogens with two attached hydrogens (primary N) is 1. The predicted octanol–water partition coefficient (Wildman–Crippen LogP) is 3.80. The average molecular weight is 248 g/mol. The Kier molecular flexibility index (Phi) is 2.99. The van der Waals surface area contributed by atoms with E-state index in [0.717, 1.165) is 12.0 Å². The highest BCUT2D eigenvalue weighted by Crippen LogP contribution is 2.42. The second kappa shape index (κ2) is 4.28. The van der Waals surface area contributed by atoms with Gasteiger partial charge < -0.3 is 5.73 Å². The molecule has 0 radical (unpaired) electrons. The van der Waals surface area contributed by atoms with Gasteiger partial charge in [0.05, 0.1) is 10.6 Å². The molecule has 2 N–H and O–H groups in total. The third-order valence-electron chi connectivity index (χ3n) is 2.57. The minimum atomic E-state index is 0.639. The van der Waals surface area contributed by atoms with Crippen molar-refractivity contribution in [2.24, 2.45) is 0 Å². The number of hydrogen-bond acceptors (Lipinski definition) is 4. The molecule has 0 fully saturated rings. The fourth-order valence-electron chi connectivity index (χ4n) is 1.70. The molecule has 2 aromatic heterocycles. The fourth-order valence-corrected chi connectivity index (χ4v) is 3.98. The number of hydrogen-bond donors (Lipinski definition) is 1. The molecule has 0 spiro atoms. The summed E-state index contributed by atoms with van der Waals surface area (Å²) in [6, 6.07) is 4.27. The standard InChI is InChI=1S/C12H12N2S2/c1-3-8-10(14)9(6-13)16-12(8)11-7(2)4-5-15-11/h4-5H,3,14H2,1-2H3. The van der Waals surface area contributed by atoms with E-state index < -0.39 is 0 Å². The lowest BCUT2D eigenvalue weighted by Crippen LogP contribution is -1.91. The molecule has 0 amide bonds. The topological polar surface area (TPSA) is 49.8 Å². The van der Waals surface area contributed by atoms with Crippen LogP contribution in [0.5, 0.6) is 0 Å². The second-order valence-corrected chi connectivity index (χ2v) is 5.49. The Balaban J connectivity index is 2.67. The van der Waals surface area contributed by atoms with Gasteiger partial charge in [0.1, 0.15) is 10.9 Å². The fraction of sp³-hybridized carbons (Fsp3) is 0.250. The molecule has 2 heterocycles. The number of nitriles is 1. The summed E-state index contributed by atoms with van der Waals surface area (Å²) >= 11 is 3.22. The summed E-state index contributed by atoms with van der Waals surface area (Å²) in [5, 5.41) is 11.1. The van der Waals surface area contributed by atoms with Gasteiger partial charge in [-0.3, -0.25) is 0 Å². The molecular formula is C12H12N2S2. The van der Waals surface area contributed by atoms with E-state index in [4.69, 9.17) is 11.0 Å². The quantitative estimate of drug-likeness (QED) is 0.878. The summed E-state index contributed by atoms with van der Waals surface area (Å²) in [6.45, 7) is 4.17. The van der Waals surface area contributed by atoms with Crippen molar-refractivity contribution in [3.63, 3.8) is 0 Å². The summed E-state index contributed by atoms with van der Waals surface area (Å²) in [6.07, 6.45) is 0.872. The summed E-state index contributed by atoms with van der Waals surface area (Å²) in [5.74, 6) is 0. The number of nitrogens with zero attached hydrogens (tertiary/aromatic N) is 1. The van der Waals surface area contributed by atoms with Gasteiger partial charge in [0.2, 0.25) is 0 Å². The van der Waals surface area contributed by atoms with Crippen LogP contribution in [0.3, 0.4) is 0 Å². The molecule has 0 aliphatic carbocycles. The first-order valence-electron chi connectivity index (χ1n) is 5.04. The smallest absolute Gasteiger partial charge is 0.128 e. The van der Waals surface area contributed by atoms with Crippen LogP contribution in [0.1, 0.15) is 22.9 Å². The highest BCUT2D eigenvalue weighted by atomic mass is 32.1. The van der Waals surface area contributed by atoms with Gasteiger partial charge in [0.15, 0.2) is 0 Å². The van der Waals surface area contributed by atoms with Crippen molar-refractivity contribution >= 4 is 28.4 Å². The lowest BCUT2D eigenvalue weighted by molar-refractivity contribution is 1.16. The Hall–Kier alpha value is -1.31. The summed E-state index contributed by atoms with van der Waals surface area (Å²) < 4.78 is 0. The van der Waals surface area contributed by atoms with E-state index in [2.05, 4.69) is 31.4 Å². The van der Waals surface area contributed by atoms with Crippen molar-refractivity contribution in [1.29, 1.82) is 5.26 Å². The molecular weight excluding hydrogens is 236 g/mol. The van der Waals surface area contributed by atoms with Crippen LogP contribution in [-0.2, 0) is 6.42 Å². The van der Waals surface area contributed by atoms with Crippen LogP contribution in [0.4, 0.5) is 5.69 Å². The van der Waals surface area contributed by atoms with E-state index in [-0.39, 0.29) is 0 Å². The molecule has 0 saturated carbocycles. The van der Waals surface area contributed by atoms with Gasteiger partial charge in [0.25, 0.3) is 0 Å². The van der Waals surface area contributed by atoms with E-state index in [1.54, 1.807) is 11.3 Å². The van der Waals surface area contributed by atoms with Gasteiger partial charge in [-0.15, -0.1) is 22.7 Å². The van der Waals surface area contributed by atoms with Crippen molar-refractivity contribution in [1.82, 2.24) is 0 Å². The number of nitrogen functional groups attached to an aromatic ring is 1. The van der Waals surface area contributed by atoms with Crippen LogP contribution in [-0.4, -0.2) is 0 Å². The largest absolute Gasteiger partial charge is 0.397 e. The zero-order valence-electron chi connectivity index (χ0n) is 9.20. The third-order valence-corrected chi connectivity index (χ3v) is 4.90. The maximum absolute atomic E-state index is 9.00. The molecule has 0 bridgehead atoms. The summed E-state index contributed by atoms with van der Waals surface area (Å²) in [5.41, 5.74) is 9.01. The van der Waals surface area contributed by atoms with Crippen molar-refractivity contribution in [3.05, 3.63) is 27.5 Å². The molecule has 0 aromatic carbocycles. The Labute approximate surface area is 103 Å². The zero-order valence-corrected chi connectivity index (χ0v) is 10.8. The Morgan fingerprint density at radius 2 is 2.19 bits per heavy atom. The van der Waals surface area contributed by atoms with Gasteiger partial charge in [-0.2, -0.15) is 5.26 Å².